The molecule has 0 saturated carbocycles. The van der Waals surface area contributed by atoms with E-state index < -0.39 is 6.04 Å². The van der Waals surface area contributed by atoms with Crippen LogP contribution >= 0.6 is 11.9 Å². The Balaban J connectivity index is 1.71. The minimum absolute atomic E-state index is 0.0772. The molecule has 0 saturated heterocycles. The van der Waals surface area contributed by atoms with Crippen LogP contribution in [0.4, 0.5) is 0 Å². The van der Waals surface area contributed by atoms with Gasteiger partial charge in [-0.2, -0.15) is 0 Å². The van der Waals surface area contributed by atoms with Gasteiger partial charge in [0, 0.05) is 18.0 Å². The molecule has 2 aromatic carbocycles. The third-order valence-electron chi connectivity index (χ3n) is 5.00. The number of aromatic nitrogens is 1. The average Bonchev–Trinajstić information content (AvgIpc) is 3.14. The number of rotatable bonds is 9. The number of nitrogens with one attached hydrogen (secondary N) is 1. The van der Waals surface area contributed by atoms with E-state index in [4.69, 9.17) is 0 Å². The van der Waals surface area contributed by atoms with E-state index in [0.717, 1.165) is 24.0 Å². The lowest BCUT2D eigenvalue weighted by Crippen LogP contribution is -2.30. The summed E-state index contributed by atoms with van der Waals surface area (Å²) < 4.78 is 2.21. The molecule has 160 valence electrons. The van der Waals surface area contributed by atoms with Gasteiger partial charge >= 0.3 is 0 Å². The maximum atomic E-state index is 11.9. The van der Waals surface area contributed by atoms with Crippen LogP contribution in [0.2, 0.25) is 0 Å². The maximum absolute atomic E-state index is 11.9. The monoisotopic (exact) mass is 432 g/mol. The molecule has 5 heteroatoms. The van der Waals surface area contributed by atoms with Crippen LogP contribution in [-0.4, -0.2) is 15.7 Å². The predicted molar refractivity (Wildman–Crippen MR) is 128 cm³/mol. The van der Waals surface area contributed by atoms with E-state index in [0.29, 0.717) is 0 Å². The minimum atomic E-state index is -0.590. The van der Waals surface area contributed by atoms with E-state index in [1.54, 1.807) is 11.9 Å². The summed E-state index contributed by atoms with van der Waals surface area (Å²) in [5, 5.41) is 2.71. The second-order valence-corrected chi connectivity index (χ2v) is 8.45. The molecule has 0 fully saturated rings. The van der Waals surface area contributed by atoms with Crippen LogP contribution < -0.4 is 5.32 Å². The Morgan fingerprint density at radius 1 is 1.03 bits per heavy atom. The molecule has 4 nitrogen and oxygen atoms in total. The summed E-state index contributed by atoms with van der Waals surface area (Å²) in [4.78, 5) is 24.4. The lowest BCUT2D eigenvalue weighted by molar-refractivity contribution is -0.125. The smallest absolute Gasteiger partial charge is 0.217 e. The summed E-state index contributed by atoms with van der Waals surface area (Å²) in [6, 6.07) is 19.8. The van der Waals surface area contributed by atoms with Crippen LogP contribution in [0.15, 0.2) is 77.8 Å². The van der Waals surface area contributed by atoms with Crippen LogP contribution in [0.3, 0.4) is 0 Å². The fraction of sp³-hybridized carbons (Fsp3) is 0.231. The zero-order valence-corrected chi connectivity index (χ0v) is 19.0. The number of aryl methyl sites for hydroxylation is 1. The number of nitrogens with zero attached hydrogens (tertiary/aromatic N) is 1. The first kappa shape index (κ1) is 22.6. The zero-order valence-electron chi connectivity index (χ0n) is 18.2. The van der Waals surface area contributed by atoms with Gasteiger partial charge < -0.3 is 5.32 Å². The van der Waals surface area contributed by atoms with Crippen molar-refractivity contribution >= 4 is 29.7 Å². The summed E-state index contributed by atoms with van der Waals surface area (Å²) in [5.41, 5.74) is 4.47. The van der Waals surface area contributed by atoms with Gasteiger partial charge in [0.05, 0.1) is 5.69 Å². The highest BCUT2D eigenvalue weighted by atomic mass is 32.2. The molecule has 1 unspecified atom stereocenters. The number of hydrogen-bond acceptors (Lipinski definition) is 3. The van der Waals surface area contributed by atoms with Crippen LogP contribution in [-0.2, 0) is 22.4 Å². The average molecular weight is 433 g/mol. The first-order valence-corrected chi connectivity index (χ1v) is 11.2. The number of carbonyl (C=O) groups excluding carboxylic acids is 2. The van der Waals surface area contributed by atoms with Gasteiger partial charge in [-0.05, 0) is 72.7 Å². The second kappa shape index (κ2) is 10.8. The normalized spacial score (nSPS) is 12.1. The van der Waals surface area contributed by atoms with Crippen molar-refractivity contribution in [3.8, 4) is 0 Å². The predicted octanol–water partition coefficient (Wildman–Crippen LogP) is 5.63. The van der Waals surface area contributed by atoms with Gasteiger partial charge in [-0.15, -0.1) is 0 Å². The van der Waals surface area contributed by atoms with Gasteiger partial charge in [-0.1, -0.05) is 55.5 Å². The van der Waals surface area contributed by atoms with Crippen LogP contribution in [0.1, 0.15) is 49.2 Å². The summed E-state index contributed by atoms with van der Waals surface area (Å²) in [7, 11) is 0. The molecule has 1 atom stereocenters. The van der Waals surface area contributed by atoms with Gasteiger partial charge in [-0.3, -0.25) is 13.6 Å². The van der Waals surface area contributed by atoms with E-state index in [1.165, 1.54) is 30.0 Å². The Morgan fingerprint density at radius 2 is 1.74 bits per heavy atom. The number of ketones is 1. The lowest BCUT2D eigenvalue weighted by atomic mass is 10.0. The third kappa shape index (κ3) is 6.22. The van der Waals surface area contributed by atoms with Crippen molar-refractivity contribution in [3.05, 3.63) is 95.3 Å². The molecular formula is C26H28N2O2S. The minimum Gasteiger partial charge on any atom is -0.342 e. The third-order valence-corrected chi connectivity index (χ3v) is 6.00. The van der Waals surface area contributed by atoms with Crippen molar-refractivity contribution < 1.29 is 9.59 Å². The van der Waals surface area contributed by atoms with Gasteiger partial charge in [0.2, 0.25) is 5.91 Å². The molecule has 0 aliphatic rings. The first-order valence-electron chi connectivity index (χ1n) is 10.4. The van der Waals surface area contributed by atoms with Crippen LogP contribution in [0, 0.1) is 0 Å². The quantitative estimate of drug-likeness (QED) is 0.477. The number of carbonyl (C=O) groups is 2. The van der Waals surface area contributed by atoms with E-state index in [1.807, 2.05) is 42.5 Å². The van der Waals surface area contributed by atoms with E-state index in [9.17, 15) is 9.59 Å². The highest BCUT2D eigenvalue weighted by molar-refractivity contribution is 7.97. The molecule has 3 aromatic rings. The topological polar surface area (TPSA) is 51.1 Å². The molecule has 0 aliphatic heterocycles. The van der Waals surface area contributed by atoms with Crippen LogP contribution in [0.25, 0.3) is 6.08 Å². The van der Waals surface area contributed by atoms with Crippen molar-refractivity contribution in [2.24, 2.45) is 0 Å². The Morgan fingerprint density at radius 3 is 2.35 bits per heavy atom. The first-order chi connectivity index (χ1) is 15.0. The molecule has 0 radical (unpaired) electrons. The van der Waals surface area contributed by atoms with Crippen molar-refractivity contribution in [2.75, 3.05) is 0 Å². The Labute approximate surface area is 188 Å². The van der Waals surface area contributed by atoms with Crippen molar-refractivity contribution in [1.29, 1.82) is 0 Å². The molecule has 1 aromatic heterocycles. The highest BCUT2D eigenvalue weighted by Gasteiger charge is 2.17. The maximum Gasteiger partial charge on any atom is 0.217 e. The van der Waals surface area contributed by atoms with Crippen molar-refractivity contribution in [1.82, 2.24) is 9.29 Å². The summed E-state index contributed by atoms with van der Waals surface area (Å²) in [5.74, 6) is -0.290. The summed E-state index contributed by atoms with van der Waals surface area (Å²) in [6.45, 7) is 5.08. The SMILES string of the molecule is CCc1ccn(Sc2ccccc2)c1/C=C\Cc1ccc(C(NC(C)=O)C(C)=O)cc1. The van der Waals surface area contributed by atoms with Gasteiger partial charge in [0.15, 0.2) is 5.78 Å². The van der Waals surface area contributed by atoms with Crippen LogP contribution in [0.5, 0.6) is 0 Å². The standard InChI is InChI=1S/C26H28N2O2S/c1-4-22-17-18-28(31-24-10-6-5-7-11-24)25(22)12-8-9-21-13-15-23(16-14-21)26(19(2)29)27-20(3)30/h5-8,10-18,26H,4,9H2,1-3H3,(H,27,30)/b12-8-. The molecular weight excluding hydrogens is 404 g/mol. The van der Waals surface area contributed by atoms with Crippen molar-refractivity contribution in [2.45, 2.75) is 44.6 Å². The molecule has 1 N–H and O–H groups in total. The fourth-order valence-electron chi connectivity index (χ4n) is 3.39. The number of hydrogen-bond donors (Lipinski definition) is 1. The largest absolute Gasteiger partial charge is 0.342 e. The van der Waals surface area contributed by atoms with Gasteiger partial charge in [0.1, 0.15) is 6.04 Å². The number of Topliss-reactive ketones (excluding diaryl/α,β-unsaturated/α-hetero) is 1. The van der Waals surface area contributed by atoms with E-state index >= 15 is 0 Å². The Hall–Kier alpha value is -3.05. The van der Waals surface area contributed by atoms with E-state index in [2.05, 4.69) is 52.8 Å². The Bertz CT molecular complexity index is 1050. The highest BCUT2D eigenvalue weighted by Crippen LogP contribution is 2.26. The van der Waals surface area contributed by atoms with Crippen molar-refractivity contribution in [3.63, 3.8) is 0 Å². The molecule has 0 spiro atoms. The second-order valence-electron chi connectivity index (χ2n) is 7.40. The van der Waals surface area contributed by atoms with Gasteiger partial charge in [-0.25, -0.2) is 0 Å². The Kier molecular flexibility index (Phi) is 7.90. The molecule has 0 bridgehead atoms. The molecule has 3 rings (SSSR count). The summed E-state index contributed by atoms with van der Waals surface area (Å²) >= 11 is 1.71. The van der Waals surface area contributed by atoms with E-state index in [-0.39, 0.29) is 11.7 Å². The molecule has 31 heavy (non-hydrogen) atoms. The summed E-state index contributed by atoms with van der Waals surface area (Å²) in [6.07, 6.45) is 8.23. The molecule has 1 amide bonds. The molecule has 1 heterocycles. The fourth-order valence-corrected chi connectivity index (χ4v) is 4.30. The number of amides is 1. The van der Waals surface area contributed by atoms with Gasteiger partial charge in [0.25, 0.3) is 0 Å². The number of allylic oxidation sites excluding steroid dienone is 1. The number of benzene rings is 2. The molecule has 0 aliphatic carbocycles. The lowest BCUT2D eigenvalue weighted by Gasteiger charge is -2.15. The zero-order chi connectivity index (χ0) is 22.2.